The SMILES string of the molecule is CC[N+](CC)=C(CC#N)OC. The van der Waals surface area contributed by atoms with E-state index in [2.05, 4.69) is 6.07 Å². The van der Waals surface area contributed by atoms with Crippen molar-refractivity contribution in [3.8, 4) is 6.07 Å². The molecule has 0 spiro atoms. The van der Waals surface area contributed by atoms with Gasteiger partial charge in [0.15, 0.2) is 6.42 Å². The van der Waals surface area contributed by atoms with Crippen molar-refractivity contribution >= 4 is 5.90 Å². The molecule has 0 amide bonds. The Morgan fingerprint density at radius 2 is 2.00 bits per heavy atom. The fourth-order valence-electron chi connectivity index (χ4n) is 0.957. The second kappa shape index (κ2) is 5.72. The van der Waals surface area contributed by atoms with Crippen LogP contribution in [0.5, 0.6) is 0 Å². The van der Waals surface area contributed by atoms with Crippen LogP contribution in [-0.2, 0) is 4.74 Å². The quantitative estimate of drug-likeness (QED) is 0.346. The first-order valence-corrected chi connectivity index (χ1v) is 3.81. The van der Waals surface area contributed by atoms with Gasteiger partial charge in [-0.05, 0) is 13.8 Å². The van der Waals surface area contributed by atoms with Gasteiger partial charge in [0.25, 0.3) is 0 Å². The van der Waals surface area contributed by atoms with E-state index >= 15 is 0 Å². The van der Waals surface area contributed by atoms with E-state index in [9.17, 15) is 0 Å². The lowest BCUT2D eigenvalue weighted by atomic mass is 10.4. The van der Waals surface area contributed by atoms with Crippen molar-refractivity contribution in [2.75, 3.05) is 20.2 Å². The minimum Gasteiger partial charge on any atom is -0.451 e. The molecular weight excluding hydrogens is 140 g/mol. The van der Waals surface area contributed by atoms with Crippen molar-refractivity contribution in [1.29, 1.82) is 5.26 Å². The summed E-state index contributed by atoms with van der Waals surface area (Å²) >= 11 is 0. The Morgan fingerprint density at radius 1 is 1.45 bits per heavy atom. The molecule has 0 unspecified atom stereocenters. The van der Waals surface area contributed by atoms with Crippen LogP contribution >= 0.6 is 0 Å². The average molecular weight is 155 g/mol. The van der Waals surface area contributed by atoms with Gasteiger partial charge in [-0.1, -0.05) is 0 Å². The average Bonchev–Trinajstić information content (AvgIpc) is 2.05. The Kier molecular flexibility index (Phi) is 5.18. The lowest BCUT2D eigenvalue weighted by molar-refractivity contribution is -0.529. The van der Waals surface area contributed by atoms with E-state index < -0.39 is 0 Å². The molecule has 0 fully saturated rings. The second-order valence-corrected chi connectivity index (χ2v) is 2.11. The summed E-state index contributed by atoms with van der Waals surface area (Å²) < 4.78 is 7.09. The number of hydrogen-bond donors (Lipinski definition) is 0. The number of rotatable bonds is 3. The Labute approximate surface area is 67.9 Å². The van der Waals surface area contributed by atoms with E-state index in [0.29, 0.717) is 6.42 Å². The van der Waals surface area contributed by atoms with Crippen LogP contribution in [0, 0.1) is 11.3 Å². The van der Waals surface area contributed by atoms with Crippen LogP contribution in [0.3, 0.4) is 0 Å². The van der Waals surface area contributed by atoms with E-state index in [1.54, 1.807) is 7.11 Å². The highest BCUT2D eigenvalue weighted by atomic mass is 16.5. The third kappa shape index (κ3) is 3.03. The Balaban J connectivity index is 4.37. The van der Waals surface area contributed by atoms with Crippen molar-refractivity contribution in [1.82, 2.24) is 0 Å². The molecule has 0 aliphatic rings. The number of methoxy groups -OCH3 is 1. The second-order valence-electron chi connectivity index (χ2n) is 2.11. The van der Waals surface area contributed by atoms with Crippen molar-refractivity contribution in [3.05, 3.63) is 0 Å². The zero-order valence-corrected chi connectivity index (χ0v) is 7.42. The molecule has 0 N–H and O–H groups in total. The van der Waals surface area contributed by atoms with Crippen LogP contribution in [0.25, 0.3) is 0 Å². The van der Waals surface area contributed by atoms with Gasteiger partial charge in [-0.2, -0.15) is 5.26 Å². The number of nitriles is 1. The molecule has 0 heterocycles. The fraction of sp³-hybridized carbons (Fsp3) is 0.750. The summed E-state index contributed by atoms with van der Waals surface area (Å²) in [6.45, 7) is 5.86. The molecule has 0 aliphatic heterocycles. The zero-order valence-electron chi connectivity index (χ0n) is 7.42. The number of hydrogen-bond acceptors (Lipinski definition) is 2. The minimum atomic E-state index is 0.359. The molecule has 0 radical (unpaired) electrons. The van der Waals surface area contributed by atoms with Crippen molar-refractivity contribution in [2.45, 2.75) is 20.3 Å². The van der Waals surface area contributed by atoms with Gasteiger partial charge in [0.05, 0.1) is 13.2 Å². The molecule has 3 heteroatoms. The predicted molar refractivity (Wildman–Crippen MR) is 43.6 cm³/mol. The summed E-state index contributed by atoms with van der Waals surface area (Å²) in [6, 6.07) is 2.06. The molecule has 0 rings (SSSR count). The van der Waals surface area contributed by atoms with Crippen LogP contribution < -0.4 is 0 Å². The van der Waals surface area contributed by atoms with Gasteiger partial charge < -0.3 is 4.74 Å². The standard InChI is InChI=1S/C8H15N2O/c1-4-10(5-2)8(11-3)6-7-9/h4-6H2,1-3H3/q+1. The lowest BCUT2D eigenvalue weighted by Crippen LogP contribution is -2.22. The predicted octanol–water partition coefficient (Wildman–Crippen LogP) is 0.997. The summed E-state index contributed by atoms with van der Waals surface area (Å²) in [5.74, 6) is 0.762. The van der Waals surface area contributed by atoms with Gasteiger partial charge >= 0.3 is 5.90 Å². The molecule has 3 nitrogen and oxygen atoms in total. The topological polar surface area (TPSA) is 36.0 Å². The van der Waals surface area contributed by atoms with Gasteiger partial charge in [0, 0.05) is 0 Å². The minimum absolute atomic E-state index is 0.359. The molecule has 0 aromatic heterocycles. The van der Waals surface area contributed by atoms with E-state index in [0.717, 1.165) is 19.0 Å². The van der Waals surface area contributed by atoms with Gasteiger partial charge in [0.1, 0.15) is 13.1 Å². The maximum absolute atomic E-state index is 8.43. The highest BCUT2D eigenvalue weighted by Gasteiger charge is 2.10. The maximum Gasteiger partial charge on any atom is 0.350 e. The molecule has 0 atom stereocenters. The zero-order chi connectivity index (χ0) is 8.69. The first-order valence-electron chi connectivity index (χ1n) is 3.81. The van der Waals surface area contributed by atoms with Crippen molar-refractivity contribution < 1.29 is 9.31 Å². The molecule has 0 saturated heterocycles. The van der Waals surface area contributed by atoms with Crippen molar-refractivity contribution in [3.63, 3.8) is 0 Å². The van der Waals surface area contributed by atoms with E-state index in [4.69, 9.17) is 10.00 Å². The summed E-state index contributed by atoms with van der Waals surface area (Å²) in [7, 11) is 1.60. The summed E-state index contributed by atoms with van der Waals surface area (Å²) in [5.41, 5.74) is 0. The molecule has 0 aliphatic carbocycles. The molecule has 11 heavy (non-hydrogen) atoms. The van der Waals surface area contributed by atoms with Gasteiger partial charge in [-0.15, -0.1) is 0 Å². The molecule has 0 aromatic rings. The fourth-order valence-corrected chi connectivity index (χ4v) is 0.957. The van der Waals surface area contributed by atoms with Gasteiger partial charge in [-0.25, -0.2) is 4.58 Å². The van der Waals surface area contributed by atoms with Crippen LogP contribution in [0.1, 0.15) is 20.3 Å². The largest absolute Gasteiger partial charge is 0.451 e. The van der Waals surface area contributed by atoms with E-state index in [-0.39, 0.29) is 0 Å². The summed E-state index contributed by atoms with van der Waals surface area (Å²) in [6.07, 6.45) is 0.359. The Bertz CT molecular complexity index is 173. The smallest absolute Gasteiger partial charge is 0.350 e. The summed E-state index contributed by atoms with van der Waals surface area (Å²) in [4.78, 5) is 0. The molecular formula is C8H15N2O+. The van der Waals surface area contributed by atoms with Crippen LogP contribution in [0.4, 0.5) is 0 Å². The maximum atomic E-state index is 8.43. The molecule has 62 valence electrons. The highest BCUT2D eigenvalue weighted by Crippen LogP contribution is 1.87. The van der Waals surface area contributed by atoms with Crippen LogP contribution in [0.15, 0.2) is 0 Å². The number of ether oxygens (including phenoxy) is 1. The van der Waals surface area contributed by atoms with Gasteiger partial charge in [0.2, 0.25) is 0 Å². The third-order valence-electron chi connectivity index (χ3n) is 1.58. The molecule has 0 aromatic carbocycles. The van der Waals surface area contributed by atoms with Gasteiger partial charge in [-0.3, -0.25) is 0 Å². The lowest BCUT2D eigenvalue weighted by Gasteiger charge is -2.01. The first-order chi connectivity index (χ1) is 5.29. The van der Waals surface area contributed by atoms with E-state index in [1.165, 1.54) is 0 Å². The monoisotopic (exact) mass is 155 g/mol. The van der Waals surface area contributed by atoms with Crippen LogP contribution in [-0.4, -0.2) is 30.7 Å². The first kappa shape index (κ1) is 9.96. The van der Waals surface area contributed by atoms with E-state index in [1.807, 2.05) is 18.4 Å². The Morgan fingerprint density at radius 3 is 2.27 bits per heavy atom. The number of nitrogens with zero attached hydrogens (tertiary/aromatic N) is 2. The Hall–Kier alpha value is -1.04. The molecule has 0 saturated carbocycles. The van der Waals surface area contributed by atoms with Crippen molar-refractivity contribution in [2.24, 2.45) is 0 Å². The highest BCUT2D eigenvalue weighted by molar-refractivity contribution is 5.72. The van der Waals surface area contributed by atoms with Crippen LogP contribution in [0.2, 0.25) is 0 Å². The third-order valence-corrected chi connectivity index (χ3v) is 1.58. The summed E-state index contributed by atoms with van der Waals surface area (Å²) in [5, 5.41) is 8.43. The molecule has 0 bridgehead atoms. The normalized spacial score (nSPS) is 8.55.